The van der Waals surface area contributed by atoms with Gasteiger partial charge in [0.1, 0.15) is 10.6 Å². The lowest BCUT2D eigenvalue weighted by molar-refractivity contribution is 0.402. The summed E-state index contributed by atoms with van der Waals surface area (Å²) in [6.07, 6.45) is 2.14. The third kappa shape index (κ3) is 4.91. The largest absolute Gasteiger partial charge is 0.495 e. The van der Waals surface area contributed by atoms with E-state index in [2.05, 4.69) is 23.5 Å². The highest BCUT2D eigenvalue weighted by Crippen LogP contribution is 2.27. The topological polar surface area (TPSA) is 58.6 Å². The van der Waals surface area contributed by atoms with Crippen molar-refractivity contribution in [1.82, 2.24) is 0 Å². The first-order chi connectivity index (χ1) is 12.4. The molecule has 0 bridgehead atoms. The molecule has 0 atom stereocenters. The molecule has 0 radical (unpaired) electrons. The van der Waals surface area contributed by atoms with Crippen LogP contribution in [-0.4, -0.2) is 28.6 Å². The molecule has 0 aliphatic heterocycles. The molecular weight excluding hydrogens is 348 g/mol. The highest BCUT2D eigenvalue weighted by Gasteiger charge is 2.20. The first-order valence-corrected chi connectivity index (χ1v) is 10.4. The molecule has 0 aliphatic carbocycles. The Labute approximate surface area is 157 Å². The molecule has 6 heteroatoms. The molecule has 0 heterocycles. The minimum Gasteiger partial charge on any atom is -0.495 e. The summed E-state index contributed by atoms with van der Waals surface area (Å²) < 4.78 is 33.4. The number of hydrogen-bond acceptors (Lipinski definition) is 4. The zero-order chi connectivity index (χ0) is 19.2. The van der Waals surface area contributed by atoms with Gasteiger partial charge in [-0.1, -0.05) is 19.9 Å². The van der Waals surface area contributed by atoms with Crippen molar-refractivity contribution in [1.29, 1.82) is 0 Å². The van der Waals surface area contributed by atoms with Gasteiger partial charge < -0.3 is 9.64 Å². The van der Waals surface area contributed by atoms with Gasteiger partial charge in [-0.25, -0.2) is 8.42 Å². The molecule has 0 fully saturated rings. The van der Waals surface area contributed by atoms with Gasteiger partial charge in [0.05, 0.1) is 7.11 Å². The summed E-state index contributed by atoms with van der Waals surface area (Å²) in [5.74, 6) is 0.330. The molecule has 2 aromatic carbocycles. The van der Waals surface area contributed by atoms with Gasteiger partial charge in [0.15, 0.2) is 0 Å². The Bertz CT molecular complexity index is 811. The van der Waals surface area contributed by atoms with Crippen LogP contribution in [0.2, 0.25) is 0 Å². The van der Waals surface area contributed by atoms with Crippen LogP contribution in [0.5, 0.6) is 5.75 Å². The third-order valence-corrected chi connectivity index (χ3v) is 5.48. The molecule has 0 spiro atoms. The zero-order valence-corrected chi connectivity index (χ0v) is 16.8. The van der Waals surface area contributed by atoms with Crippen LogP contribution in [0.1, 0.15) is 32.3 Å². The molecule has 0 unspecified atom stereocenters. The van der Waals surface area contributed by atoms with Gasteiger partial charge in [0, 0.05) is 24.5 Å². The Morgan fingerprint density at radius 2 is 1.62 bits per heavy atom. The number of nitrogens with zero attached hydrogens (tertiary/aromatic N) is 1. The van der Waals surface area contributed by atoms with E-state index in [-0.39, 0.29) is 4.90 Å². The lowest BCUT2D eigenvalue weighted by Gasteiger charge is -2.24. The molecule has 0 aromatic heterocycles. The van der Waals surface area contributed by atoms with Gasteiger partial charge in [-0.2, -0.15) is 0 Å². The molecule has 0 aliphatic rings. The average molecular weight is 377 g/mol. The zero-order valence-electron chi connectivity index (χ0n) is 16.0. The van der Waals surface area contributed by atoms with Gasteiger partial charge in [-0.05, 0) is 61.7 Å². The van der Waals surface area contributed by atoms with E-state index in [9.17, 15) is 8.42 Å². The van der Waals surface area contributed by atoms with Crippen molar-refractivity contribution in [2.24, 2.45) is 0 Å². The second-order valence-electron chi connectivity index (χ2n) is 6.29. The maximum atomic E-state index is 12.8. The van der Waals surface area contributed by atoms with Crippen LogP contribution in [0.3, 0.4) is 0 Å². The highest BCUT2D eigenvalue weighted by molar-refractivity contribution is 7.92. The van der Waals surface area contributed by atoms with Gasteiger partial charge in [-0.3, -0.25) is 4.72 Å². The summed E-state index contributed by atoms with van der Waals surface area (Å²) in [5, 5.41) is 0. The van der Waals surface area contributed by atoms with Gasteiger partial charge >= 0.3 is 0 Å². The predicted molar refractivity (Wildman–Crippen MR) is 108 cm³/mol. The van der Waals surface area contributed by atoms with Gasteiger partial charge in [0.2, 0.25) is 0 Å². The average Bonchev–Trinajstić information content (AvgIpc) is 2.62. The maximum Gasteiger partial charge on any atom is 0.265 e. The summed E-state index contributed by atoms with van der Waals surface area (Å²) in [6.45, 7) is 8.13. The van der Waals surface area contributed by atoms with Crippen molar-refractivity contribution in [2.75, 3.05) is 29.8 Å². The first-order valence-electron chi connectivity index (χ1n) is 8.93. The maximum absolute atomic E-state index is 12.8. The van der Waals surface area contributed by atoms with E-state index in [1.807, 2.05) is 25.1 Å². The van der Waals surface area contributed by atoms with Crippen molar-refractivity contribution in [3.63, 3.8) is 0 Å². The molecular formula is C20H28N2O3S. The number of hydrogen-bond donors (Lipinski definition) is 1. The molecule has 5 nitrogen and oxygen atoms in total. The molecule has 0 saturated heterocycles. The van der Waals surface area contributed by atoms with Crippen molar-refractivity contribution in [2.45, 2.75) is 38.5 Å². The molecule has 0 saturated carbocycles. The summed E-state index contributed by atoms with van der Waals surface area (Å²) in [5.41, 5.74) is 2.49. The van der Waals surface area contributed by atoms with Crippen molar-refractivity contribution < 1.29 is 13.2 Å². The standard InChI is InChI=1S/C20H28N2O3S/c1-5-13-22(14-6-2)18-10-8-17(9-11-18)21-26(23,24)20-15-16(3)7-12-19(20)25-4/h7-12,15,21H,5-6,13-14H2,1-4H3. The van der Waals surface area contributed by atoms with E-state index < -0.39 is 10.0 Å². The number of nitrogens with one attached hydrogen (secondary N) is 1. The predicted octanol–water partition coefficient (Wildman–Crippen LogP) is 4.43. The minimum absolute atomic E-state index is 0.141. The molecule has 26 heavy (non-hydrogen) atoms. The Kier molecular flexibility index (Phi) is 6.91. The number of methoxy groups -OCH3 is 1. The van der Waals surface area contributed by atoms with Crippen LogP contribution in [0.4, 0.5) is 11.4 Å². The fraction of sp³-hybridized carbons (Fsp3) is 0.400. The van der Waals surface area contributed by atoms with Crippen LogP contribution in [0.25, 0.3) is 0 Å². The Morgan fingerprint density at radius 3 is 2.15 bits per heavy atom. The lowest BCUT2D eigenvalue weighted by Crippen LogP contribution is -2.24. The van der Waals surface area contributed by atoms with Gasteiger partial charge in [0.25, 0.3) is 10.0 Å². The minimum atomic E-state index is -3.72. The quantitative estimate of drug-likeness (QED) is 0.703. The summed E-state index contributed by atoms with van der Waals surface area (Å²) in [7, 11) is -2.25. The third-order valence-electron chi connectivity index (χ3n) is 4.08. The molecule has 142 valence electrons. The molecule has 0 amide bonds. The Balaban J connectivity index is 2.24. The van der Waals surface area contributed by atoms with E-state index >= 15 is 0 Å². The first kappa shape index (κ1) is 20.1. The Hall–Kier alpha value is -2.21. The number of ether oxygens (including phenoxy) is 1. The van der Waals surface area contributed by atoms with Crippen molar-refractivity contribution in [3.8, 4) is 5.75 Å². The summed E-state index contributed by atoms with van der Waals surface area (Å²) >= 11 is 0. The van der Waals surface area contributed by atoms with Crippen LogP contribution < -0.4 is 14.4 Å². The van der Waals surface area contributed by atoms with Crippen LogP contribution in [0, 0.1) is 6.92 Å². The van der Waals surface area contributed by atoms with E-state index in [0.29, 0.717) is 11.4 Å². The summed E-state index contributed by atoms with van der Waals surface area (Å²) in [6, 6.07) is 12.6. The van der Waals surface area contributed by atoms with E-state index in [0.717, 1.165) is 37.2 Å². The van der Waals surface area contributed by atoms with Crippen LogP contribution in [-0.2, 0) is 10.0 Å². The molecule has 2 rings (SSSR count). The van der Waals surface area contributed by atoms with E-state index in [1.165, 1.54) is 7.11 Å². The normalized spacial score (nSPS) is 11.2. The highest BCUT2D eigenvalue weighted by atomic mass is 32.2. The van der Waals surface area contributed by atoms with E-state index in [4.69, 9.17) is 4.74 Å². The number of rotatable bonds is 9. The van der Waals surface area contributed by atoms with E-state index in [1.54, 1.807) is 24.3 Å². The smallest absolute Gasteiger partial charge is 0.265 e. The summed E-state index contributed by atoms with van der Waals surface area (Å²) in [4.78, 5) is 2.45. The molecule has 1 N–H and O–H groups in total. The second kappa shape index (κ2) is 8.94. The van der Waals surface area contributed by atoms with Crippen LogP contribution in [0.15, 0.2) is 47.4 Å². The van der Waals surface area contributed by atoms with Crippen molar-refractivity contribution in [3.05, 3.63) is 48.0 Å². The number of sulfonamides is 1. The second-order valence-corrected chi connectivity index (χ2v) is 7.94. The SMILES string of the molecule is CCCN(CCC)c1ccc(NS(=O)(=O)c2cc(C)ccc2OC)cc1. The monoisotopic (exact) mass is 376 g/mol. The van der Waals surface area contributed by atoms with Crippen molar-refractivity contribution >= 4 is 21.4 Å². The van der Waals surface area contributed by atoms with Crippen LogP contribution >= 0.6 is 0 Å². The van der Waals surface area contributed by atoms with Gasteiger partial charge in [-0.15, -0.1) is 0 Å². The number of benzene rings is 2. The number of anilines is 2. The molecule has 2 aromatic rings. The lowest BCUT2D eigenvalue weighted by atomic mass is 10.2. The number of aryl methyl sites for hydroxylation is 1. The Morgan fingerprint density at radius 1 is 1.00 bits per heavy atom. The fourth-order valence-corrected chi connectivity index (χ4v) is 4.17. The fourth-order valence-electron chi connectivity index (χ4n) is 2.85.